The van der Waals surface area contributed by atoms with Crippen LogP contribution in [0, 0.1) is 5.41 Å². The van der Waals surface area contributed by atoms with Gasteiger partial charge >= 0.3 is 0 Å². The first-order valence-electron chi connectivity index (χ1n) is 7.56. The summed E-state index contributed by atoms with van der Waals surface area (Å²) in [5.41, 5.74) is 0.474. The second kappa shape index (κ2) is 5.71. The van der Waals surface area contributed by atoms with Crippen LogP contribution in [0.2, 0.25) is 0 Å². The van der Waals surface area contributed by atoms with Crippen LogP contribution in [0.4, 0.5) is 0 Å². The van der Waals surface area contributed by atoms with E-state index in [9.17, 15) is 0 Å². The van der Waals surface area contributed by atoms with Crippen LogP contribution < -0.4 is 5.32 Å². The molecule has 0 radical (unpaired) electrons. The molecule has 0 aliphatic heterocycles. The molecule has 17 heavy (non-hydrogen) atoms. The van der Waals surface area contributed by atoms with Crippen LogP contribution in [-0.2, 0) is 0 Å². The minimum absolute atomic E-state index is 0.474. The van der Waals surface area contributed by atoms with E-state index in [1.54, 1.807) is 0 Å². The fraction of sp³-hybridized carbons (Fsp3) is 1.00. The summed E-state index contributed by atoms with van der Waals surface area (Å²) in [6, 6.07) is 1.73. The number of hydrogen-bond acceptors (Lipinski definition) is 2. The lowest BCUT2D eigenvalue weighted by molar-refractivity contribution is 0.0944. The van der Waals surface area contributed by atoms with Crippen LogP contribution in [0.15, 0.2) is 0 Å². The van der Waals surface area contributed by atoms with Crippen molar-refractivity contribution < 1.29 is 0 Å². The van der Waals surface area contributed by atoms with Gasteiger partial charge in [0.1, 0.15) is 0 Å². The summed E-state index contributed by atoms with van der Waals surface area (Å²) in [6.45, 7) is 7.27. The molecule has 2 nitrogen and oxygen atoms in total. The smallest absolute Gasteiger partial charge is 0.00924 e. The largest absolute Gasteiger partial charge is 0.313 e. The summed E-state index contributed by atoms with van der Waals surface area (Å²) >= 11 is 0. The Labute approximate surface area is 107 Å². The van der Waals surface area contributed by atoms with E-state index in [0.717, 1.165) is 12.1 Å². The molecule has 0 amide bonds. The lowest BCUT2D eigenvalue weighted by Crippen LogP contribution is -2.47. The van der Waals surface area contributed by atoms with Gasteiger partial charge in [-0.2, -0.15) is 0 Å². The maximum absolute atomic E-state index is 3.74. The van der Waals surface area contributed by atoms with Crippen LogP contribution >= 0.6 is 0 Å². The van der Waals surface area contributed by atoms with E-state index in [2.05, 4.69) is 31.1 Å². The first kappa shape index (κ1) is 13.4. The molecule has 100 valence electrons. The third kappa shape index (κ3) is 3.96. The molecule has 2 aliphatic rings. The Morgan fingerprint density at radius 1 is 1.24 bits per heavy atom. The van der Waals surface area contributed by atoms with Gasteiger partial charge < -0.3 is 10.2 Å². The normalized spacial score (nSPS) is 24.7. The van der Waals surface area contributed by atoms with Crippen LogP contribution in [0.1, 0.15) is 58.8 Å². The van der Waals surface area contributed by atoms with Gasteiger partial charge in [-0.25, -0.2) is 0 Å². The zero-order chi connectivity index (χ0) is 12.3. The van der Waals surface area contributed by atoms with Gasteiger partial charge in [0.05, 0.1) is 0 Å². The van der Waals surface area contributed by atoms with Crippen molar-refractivity contribution in [1.29, 1.82) is 0 Å². The van der Waals surface area contributed by atoms with Gasteiger partial charge in [0, 0.05) is 25.2 Å². The highest BCUT2D eigenvalue weighted by molar-refractivity contribution is 4.89. The predicted octanol–water partition coefficient (Wildman–Crippen LogP) is 3.03. The summed E-state index contributed by atoms with van der Waals surface area (Å²) in [4.78, 5) is 2.62. The zero-order valence-electron chi connectivity index (χ0n) is 12.0. The van der Waals surface area contributed by atoms with Crippen molar-refractivity contribution in [2.75, 3.05) is 20.1 Å². The molecule has 1 N–H and O–H groups in total. The Morgan fingerprint density at radius 3 is 2.41 bits per heavy atom. The van der Waals surface area contributed by atoms with Crippen molar-refractivity contribution in [3.05, 3.63) is 0 Å². The Kier molecular flexibility index (Phi) is 4.48. The van der Waals surface area contributed by atoms with Gasteiger partial charge in [-0.1, -0.05) is 26.7 Å². The van der Waals surface area contributed by atoms with E-state index in [1.807, 2.05) is 0 Å². The van der Waals surface area contributed by atoms with Gasteiger partial charge in [-0.3, -0.25) is 0 Å². The summed E-state index contributed by atoms with van der Waals surface area (Å²) < 4.78 is 0. The number of nitrogens with one attached hydrogen (secondary N) is 1. The highest BCUT2D eigenvalue weighted by Gasteiger charge is 2.32. The monoisotopic (exact) mass is 238 g/mol. The van der Waals surface area contributed by atoms with Crippen molar-refractivity contribution in [3.63, 3.8) is 0 Å². The Morgan fingerprint density at radius 2 is 1.94 bits per heavy atom. The highest BCUT2D eigenvalue weighted by Crippen LogP contribution is 2.30. The molecular weight excluding hydrogens is 208 g/mol. The minimum atomic E-state index is 0.474. The van der Waals surface area contributed by atoms with E-state index in [-0.39, 0.29) is 0 Å². The van der Waals surface area contributed by atoms with Crippen molar-refractivity contribution >= 4 is 0 Å². The molecule has 2 saturated carbocycles. The Balaban J connectivity index is 1.79. The maximum atomic E-state index is 3.74. The van der Waals surface area contributed by atoms with E-state index in [0.29, 0.717) is 5.41 Å². The first-order valence-corrected chi connectivity index (χ1v) is 7.56. The maximum Gasteiger partial charge on any atom is 0.00924 e. The third-order valence-corrected chi connectivity index (χ3v) is 4.58. The molecule has 1 unspecified atom stereocenters. The molecule has 2 fully saturated rings. The van der Waals surface area contributed by atoms with Crippen LogP contribution in [0.5, 0.6) is 0 Å². The summed E-state index contributed by atoms with van der Waals surface area (Å²) in [5.74, 6) is 0. The average Bonchev–Trinajstić information content (AvgIpc) is 2.95. The number of hydrogen-bond donors (Lipinski definition) is 1. The molecule has 2 aliphatic carbocycles. The molecule has 0 bridgehead atoms. The highest BCUT2D eigenvalue weighted by atomic mass is 15.1. The second-order valence-electron chi connectivity index (χ2n) is 6.72. The van der Waals surface area contributed by atoms with Crippen molar-refractivity contribution in [1.82, 2.24) is 10.2 Å². The van der Waals surface area contributed by atoms with Crippen molar-refractivity contribution in [3.8, 4) is 0 Å². The molecule has 2 heteroatoms. The van der Waals surface area contributed by atoms with E-state index in [1.165, 1.54) is 58.0 Å². The topological polar surface area (TPSA) is 15.3 Å². The van der Waals surface area contributed by atoms with Crippen LogP contribution in [0.25, 0.3) is 0 Å². The third-order valence-electron chi connectivity index (χ3n) is 4.58. The van der Waals surface area contributed by atoms with Gasteiger partial charge in [-0.15, -0.1) is 0 Å². The molecule has 1 atom stereocenters. The SMILES string of the molecule is CCCC(C)(CNC1CC1)CN(C)C1CCC1. The average molecular weight is 238 g/mol. The van der Waals surface area contributed by atoms with E-state index >= 15 is 0 Å². The standard InChI is InChI=1S/C15H30N2/c1-4-10-15(2,11-16-13-8-9-13)12-17(3)14-6-5-7-14/h13-14,16H,4-12H2,1-3H3. The van der Waals surface area contributed by atoms with Gasteiger partial charge in [0.2, 0.25) is 0 Å². The fourth-order valence-electron chi connectivity index (χ4n) is 3.06. The molecule has 0 spiro atoms. The van der Waals surface area contributed by atoms with Gasteiger partial charge in [-0.05, 0) is 44.6 Å². The van der Waals surface area contributed by atoms with Crippen molar-refractivity contribution in [2.24, 2.45) is 5.41 Å². The zero-order valence-corrected chi connectivity index (χ0v) is 12.0. The van der Waals surface area contributed by atoms with Crippen LogP contribution in [-0.4, -0.2) is 37.1 Å². The number of nitrogens with zero attached hydrogens (tertiary/aromatic N) is 1. The lowest BCUT2D eigenvalue weighted by atomic mass is 9.83. The van der Waals surface area contributed by atoms with Crippen molar-refractivity contribution in [2.45, 2.75) is 70.9 Å². The molecule has 0 aromatic carbocycles. The summed E-state index contributed by atoms with van der Waals surface area (Å²) in [6.07, 6.45) is 9.76. The molecule has 2 rings (SSSR count). The van der Waals surface area contributed by atoms with Gasteiger partial charge in [0.15, 0.2) is 0 Å². The summed E-state index contributed by atoms with van der Waals surface area (Å²) in [7, 11) is 2.33. The summed E-state index contributed by atoms with van der Waals surface area (Å²) in [5, 5.41) is 3.74. The van der Waals surface area contributed by atoms with E-state index < -0.39 is 0 Å². The van der Waals surface area contributed by atoms with Gasteiger partial charge in [0.25, 0.3) is 0 Å². The molecule has 0 aromatic heterocycles. The Bertz CT molecular complexity index is 233. The van der Waals surface area contributed by atoms with Crippen LogP contribution in [0.3, 0.4) is 0 Å². The number of rotatable bonds is 8. The first-order chi connectivity index (χ1) is 8.13. The lowest BCUT2D eigenvalue weighted by Gasteiger charge is -2.41. The quantitative estimate of drug-likeness (QED) is 0.699. The molecule has 0 aromatic rings. The second-order valence-corrected chi connectivity index (χ2v) is 6.72. The van der Waals surface area contributed by atoms with E-state index in [4.69, 9.17) is 0 Å². The molecular formula is C15H30N2. The minimum Gasteiger partial charge on any atom is -0.313 e. The fourth-order valence-corrected chi connectivity index (χ4v) is 3.06. The molecule has 0 saturated heterocycles. The Hall–Kier alpha value is -0.0800. The predicted molar refractivity (Wildman–Crippen MR) is 74.3 cm³/mol. The molecule has 0 heterocycles.